The Bertz CT molecular complexity index is 745. The number of aliphatic carboxylic acids is 1. The molecule has 0 atom stereocenters. The van der Waals surface area contributed by atoms with Crippen LogP contribution in [-0.2, 0) is 9.59 Å². The summed E-state index contributed by atoms with van der Waals surface area (Å²) in [5, 5.41) is 14.8. The molecule has 1 aromatic rings. The van der Waals surface area contributed by atoms with Crippen LogP contribution in [0.3, 0.4) is 0 Å². The summed E-state index contributed by atoms with van der Waals surface area (Å²) >= 11 is 0. The molecule has 1 aliphatic heterocycles. The van der Waals surface area contributed by atoms with E-state index in [9.17, 15) is 14.4 Å². The molecule has 0 spiro atoms. The average Bonchev–Trinajstić information content (AvgIpc) is 2.73. The van der Waals surface area contributed by atoms with Crippen molar-refractivity contribution < 1.29 is 19.5 Å². The third-order valence-electron chi connectivity index (χ3n) is 5.33. The first-order chi connectivity index (χ1) is 12.9. The fourth-order valence-corrected chi connectivity index (χ4v) is 3.66. The van der Waals surface area contributed by atoms with Gasteiger partial charge in [0.15, 0.2) is 0 Å². The van der Waals surface area contributed by atoms with E-state index in [-0.39, 0.29) is 30.4 Å². The summed E-state index contributed by atoms with van der Waals surface area (Å²) in [6, 6.07) is 5.56. The fourth-order valence-electron chi connectivity index (χ4n) is 3.66. The SMILES string of the molecule is CCN(CC(=O)O)C1CC(NC(=O)c2ccc3c(c2)NC(=O)CCN3C)C1. The number of carboxylic acid groups (broad SMARTS) is 1. The Morgan fingerprint density at radius 2 is 2.11 bits per heavy atom. The van der Waals surface area contributed by atoms with Crippen molar-refractivity contribution in [2.24, 2.45) is 0 Å². The maximum Gasteiger partial charge on any atom is 0.317 e. The van der Waals surface area contributed by atoms with Crippen molar-refractivity contribution in [3.05, 3.63) is 23.8 Å². The second-order valence-electron chi connectivity index (χ2n) is 7.20. The molecule has 2 aliphatic rings. The molecule has 0 radical (unpaired) electrons. The number of anilines is 2. The Morgan fingerprint density at radius 1 is 1.37 bits per heavy atom. The summed E-state index contributed by atoms with van der Waals surface area (Å²) in [6.07, 6.45) is 1.91. The van der Waals surface area contributed by atoms with E-state index < -0.39 is 5.97 Å². The molecule has 8 heteroatoms. The lowest BCUT2D eigenvalue weighted by Gasteiger charge is -2.42. The number of carboxylic acids is 1. The van der Waals surface area contributed by atoms with E-state index in [2.05, 4.69) is 10.6 Å². The molecule has 1 heterocycles. The van der Waals surface area contributed by atoms with E-state index >= 15 is 0 Å². The van der Waals surface area contributed by atoms with Crippen LogP contribution in [-0.4, -0.2) is 66.6 Å². The molecular weight excluding hydrogens is 348 g/mol. The van der Waals surface area contributed by atoms with Gasteiger partial charge < -0.3 is 20.6 Å². The lowest BCUT2D eigenvalue weighted by Crippen LogP contribution is -2.54. The first-order valence-electron chi connectivity index (χ1n) is 9.29. The summed E-state index contributed by atoms with van der Waals surface area (Å²) in [7, 11) is 1.92. The van der Waals surface area contributed by atoms with E-state index in [4.69, 9.17) is 5.11 Å². The molecule has 3 N–H and O–H groups in total. The van der Waals surface area contributed by atoms with Gasteiger partial charge in [-0.1, -0.05) is 6.92 Å². The second kappa shape index (κ2) is 7.96. The monoisotopic (exact) mass is 374 g/mol. The van der Waals surface area contributed by atoms with E-state index in [0.29, 0.717) is 30.8 Å². The molecule has 0 aromatic heterocycles. The first kappa shape index (κ1) is 19.2. The lowest BCUT2D eigenvalue weighted by molar-refractivity contribution is -0.139. The molecule has 0 bridgehead atoms. The predicted molar refractivity (Wildman–Crippen MR) is 102 cm³/mol. The molecule has 146 valence electrons. The number of hydrogen-bond acceptors (Lipinski definition) is 5. The van der Waals surface area contributed by atoms with Crippen LogP contribution >= 0.6 is 0 Å². The van der Waals surface area contributed by atoms with Crippen molar-refractivity contribution in [1.82, 2.24) is 10.2 Å². The van der Waals surface area contributed by atoms with Gasteiger partial charge >= 0.3 is 5.97 Å². The maximum atomic E-state index is 12.6. The van der Waals surface area contributed by atoms with Crippen LogP contribution in [0.2, 0.25) is 0 Å². The van der Waals surface area contributed by atoms with Crippen molar-refractivity contribution in [2.45, 2.75) is 38.3 Å². The molecule has 8 nitrogen and oxygen atoms in total. The first-order valence-corrected chi connectivity index (χ1v) is 9.29. The minimum absolute atomic E-state index is 0.0276. The van der Waals surface area contributed by atoms with Gasteiger partial charge in [0, 0.05) is 37.7 Å². The van der Waals surface area contributed by atoms with Crippen molar-refractivity contribution in [3.63, 3.8) is 0 Å². The Hall–Kier alpha value is -2.61. The van der Waals surface area contributed by atoms with Gasteiger partial charge in [0.2, 0.25) is 5.91 Å². The van der Waals surface area contributed by atoms with Gasteiger partial charge in [-0.2, -0.15) is 0 Å². The van der Waals surface area contributed by atoms with Gasteiger partial charge in [-0.25, -0.2) is 0 Å². The van der Waals surface area contributed by atoms with E-state index in [1.165, 1.54) is 0 Å². The number of nitrogens with zero attached hydrogens (tertiary/aromatic N) is 2. The van der Waals surface area contributed by atoms with E-state index in [1.807, 2.05) is 29.8 Å². The molecule has 1 aromatic carbocycles. The molecular formula is C19H26N4O4. The maximum absolute atomic E-state index is 12.6. The highest BCUT2D eigenvalue weighted by atomic mass is 16.4. The molecule has 1 fully saturated rings. The standard InChI is InChI=1S/C19H26N4O4/c1-3-23(11-18(25)26)14-9-13(10-14)20-19(27)12-4-5-16-15(8-12)21-17(24)6-7-22(16)2/h4-5,8,13-14H,3,6-7,9-11H2,1-2H3,(H,20,27)(H,21,24)(H,25,26). The number of rotatable bonds is 6. The topological polar surface area (TPSA) is 102 Å². The van der Waals surface area contributed by atoms with Crippen LogP contribution < -0.4 is 15.5 Å². The van der Waals surface area contributed by atoms with Gasteiger partial charge in [0.05, 0.1) is 17.9 Å². The summed E-state index contributed by atoms with van der Waals surface area (Å²) < 4.78 is 0. The highest BCUT2D eigenvalue weighted by Gasteiger charge is 2.34. The zero-order chi connectivity index (χ0) is 19.6. The van der Waals surface area contributed by atoms with Gasteiger partial charge in [0.1, 0.15) is 0 Å². The minimum atomic E-state index is -0.832. The molecule has 0 saturated heterocycles. The Kier molecular flexibility index (Phi) is 5.65. The largest absolute Gasteiger partial charge is 0.480 e. The summed E-state index contributed by atoms with van der Waals surface area (Å²) in [5.41, 5.74) is 2.05. The number of likely N-dealkylation sites (N-methyl/N-ethyl adjacent to an activating group) is 1. The predicted octanol–water partition coefficient (Wildman–Crippen LogP) is 1.13. The van der Waals surface area contributed by atoms with Crippen LogP contribution in [0.1, 0.15) is 36.5 Å². The van der Waals surface area contributed by atoms with Crippen molar-refractivity contribution >= 4 is 29.2 Å². The van der Waals surface area contributed by atoms with Crippen LogP contribution in [0.15, 0.2) is 18.2 Å². The molecule has 3 rings (SSSR count). The van der Waals surface area contributed by atoms with E-state index in [1.54, 1.807) is 12.1 Å². The summed E-state index contributed by atoms with van der Waals surface area (Å²) in [6.45, 7) is 3.28. The molecule has 27 heavy (non-hydrogen) atoms. The fraction of sp³-hybridized carbons (Fsp3) is 0.526. The molecule has 2 amide bonds. The average molecular weight is 374 g/mol. The number of fused-ring (bicyclic) bond motifs is 1. The van der Waals surface area contributed by atoms with Crippen LogP contribution in [0, 0.1) is 0 Å². The number of benzene rings is 1. The van der Waals surface area contributed by atoms with Gasteiger partial charge in [-0.15, -0.1) is 0 Å². The number of carbonyl (C=O) groups excluding carboxylic acids is 2. The minimum Gasteiger partial charge on any atom is -0.480 e. The van der Waals surface area contributed by atoms with Crippen LogP contribution in [0.5, 0.6) is 0 Å². The molecule has 1 aliphatic carbocycles. The highest BCUT2D eigenvalue weighted by molar-refractivity contribution is 6.01. The number of hydrogen-bond donors (Lipinski definition) is 3. The second-order valence-corrected chi connectivity index (χ2v) is 7.20. The molecule has 1 saturated carbocycles. The van der Waals surface area contributed by atoms with Crippen LogP contribution in [0.25, 0.3) is 0 Å². The number of nitrogens with one attached hydrogen (secondary N) is 2. The highest BCUT2D eigenvalue weighted by Crippen LogP contribution is 2.30. The zero-order valence-electron chi connectivity index (χ0n) is 15.7. The van der Waals surface area contributed by atoms with Gasteiger partial charge in [-0.3, -0.25) is 19.3 Å². The summed E-state index contributed by atoms with van der Waals surface area (Å²) in [4.78, 5) is 39.2. The van der Waals surface area contributed by atoms with Crippen molar-refractivity contribution in [2.75, 3.05) is 36.9 Å². The third-order valence-corrected chi connectivity index (χ3v) is 5.33. The zero-order valence-corrected chi connectivity index (χ0v) is 15.7. The summed E-state index contributed by atoms with van der Waals surface area (Å²) in [5.74, 6) is -1.07. The Morgan fingerprint density at radius 3 is 2.78 bits per heavy atom. The van der Waals surface area contributed by atoms with Gasteiger partial charge in [0.25, 0.3) is 5.91 Å². The number of carbonyl (C=O) groups is 3. The van der Waals surface area contributed by atoms with Gasteiger partial charge in [-0.05, 0) is 37.6 Å². The van der Waals surface area contributed by atoms with Crippen molar-refractivity contribution in [3.8, 4) is 0 Å². The Balaban J connectivity index is 1.60. The molecule has 0 unspecified atom stereocenters. The quantitative estimate of drug-likeness (QED) is 0.690. The van der Waals surface area contributed by atoms with E-state index in [0.717, 1.165) is 18.5 Å². The number of amides is 2. The van der Waals surface area contributed by atoms with Crippen molar-refractivity contribution in [1.29, 1.82) is 0 Å². The Labute approximate surface area is 158 Å². The van der Waals surface area contributed by atoms with Crippen LogP contribution in [0.4, 0.5) is 11.4 Å². The third kappa shape index (κ3) is 4.39. The smallest absolute Gasteiger partial charge is 0.317 e. The lowest BCUT2D eigenvalue weighted by atomic mass is 9.85. The normalized spacial score (nSPS) is 21.7.